The molecule has 0 aromatic heterocycles. The summed E-state index contributed by atoms with van der Waals surface area (Å²) in [4.78, 5) is 12.1. The van der Waals surface area contributed by atoms with Gasteiger partial charge in [0.15, 0.2) is 0 Å². The molecule has 2 N–H and O–H groups in total. The number of halogens is 3. The smallest absolute Gasteiger partial charge is 0.324 e. The Morgan fingerprint density at radius 2 is 2.10 bits per heavy atom. The van der Waals surface area contributed by atoms with Crippen molar-refractivity contribution in [3.8, 4) is 0 Å². The van der Waals surface area contributed by atoms with Crippen molar-refractivity contribution < 1.29 is 18.0 Å². The van der Waals surface area contributed by atoms with Crippen LogP contribution in [-0.4, -0.2) is 24.0 Å². The molecule has 2 rings (SSSR count). The fraction of sp³-hybridized carbons (Fsp3) is 0.462. The predicted molar refractivity (Wildman–Crippen MR) is 72.6 cm³/mol. The van der Waals surface area contributed by atoms with Crippen molar-refractivity contribution >= 4 is 23.4 Å². The lowest BCUT2D eigenvalue weighted by molar-refractivity contribution is -0.118. The number of hydrogen-bond acceptors (Lipinski definition) is 3. The Balaban J connectivity index is 2.11. The van der Waals surface area contributed by atoms with Gasteiger partial charge in [-0.2, -0.15) is 13.2 Å². The third-order valence-electron chi connectivity index (χ3n) is 3.19. The molecule has 1 heterocycles. The first-order valence-electron chi connectivity index (χ1n) is 6.26. The Labute approximate surface area is 119 Å². The highest BCUT2D eigenvalue weighted by Crippen LogP contribution is 2.40. The van der Waals surface area contributed by atoms with Gasteiger partial charge in [-0.1, -0.05) is 19.1 Å². The summed E-state index contributed by atoms with van der Waals surface area (Å²) in [6.07, 6.45) is 0.886. The maximum absolute atomic E-state index is 12.5. The molecular formula is C13H15F3N2OS. The van der Waals surface area contributed by atoms with Crippen LogP contribution in [0.15, 0.2) is 29.2 Å². The number of nitrogens with one attached hydrogen (secondary N) is 2. The zero-order chi connectivity index (χ0) is 14.8. The van der Waals surface area contributed by atoms with Crippen LogP contribution in [-0.2, 0) is 4.79 Å². The van der Waals surface area contributed by atoms with E-state index in [1.54, 1.807) is 6.07 Å². The van der Waals surface area contributed by atoms with Gasteiger partial charge in [-0.05, 0) is 42.8 Å². The van der Waals surface area contributed by atoms with Gasteiger partial charge >= 0.3 is 5.51 Å². The van der Waals surface area contributed by atoms with E-state index in [0.29, 0.717) is 0 Å². The van der Waals surface area contributed by atoms with E-state index < -0.39 is 5.51 Å². The number of anilines is 1. The molecule has 0 saturated carbocycles. The van der Waals surface area contributed by atoms with Gasteiger partial charge in [0.1, 0.15) is 0 Å². The summed E-state index contributed by atoms with van der Waals surface area (Å²) in [6.45, 7) is 2.69. The monoisotopic (exact) mass is 304 g/mol. The molecule has 7 heteroatoms. The van der Waals surface area contributed by atoms with E-state index in [1.165, 1.54) is 18.2 Å². The van der Waals surface area contributed by atoms with E-state index in [2.05, 4.69) is 10.6 Å². The van der Waals surface area contributed by atoms with E-state index in [4.69, 9.17) is 0 Å². The molecule has 1 fully saturated rings. The number of rotatable bonds is 3. The number of alkyl halides is 3. The quantitative estimate of drug-likeness (QED) is 0.842. The molecule has 0 radical (unpaired) electrons. The first-order chi connectivity index (χ1) is 9.37. The Hall–Kier alpha value is -1.21. The van der Waals surface area contributed by atoms with Crippen LogP contribution in [0.3, 0.4) is 0 Å². The standard InChI is InChI=1S/C13H15F3N2OS/c1-8-6-7-17-11(8)12(19)18-9-4-2-3-5-10(9)20-13(14,15)16/h2-5,8,11,17H,6-7H2,1H3,(H,18,19). The highest BCUT2D eigenvalue weighted by molar-refractivity contribution is 8.00. The average molecular weight is 304 g/mol. The van der Waals surface area contributed by atoms with Crippen LogP contribution in [0.25, 0.3) is 0 Å². The number of carbonyl (C=O) groups excluding carboxylic acids is 1. The third kappa shape index (κ3) is 3.89. The molecule has 1 amide bonds. The van der Waals surface area contributed by atoms with Gasteiger partial charge in [0.2, 0.25) is 5.91 Å². The zero-order valence-electron chi connectivity index (χ0n) is 10.8. The molecular weight excluding hydrogens is 289 g/mol. The maximum atomic E-state index is 12.5. The van der Waals surface area contributed by atoms with Crippen LogP contribution in [0.1, 0.15) is 13.3 Å². The Morgan fingerprint density at radius 3 is 2.70 bits per heavy atom. The van der Waals surface area contributed by atoms with Crippen molar-refractivity contribution in [3.05, 3.63) is 24.3 Å². The summed E-state index contributed by atoms with van der Waals surface area (Å²) in [5.74, 6) is -0.109. The second-order valence-electron chi connectivity index (χ2n) is 4.73. The molecule has 3 nitrogen and oxygen atoms in total. The van der Waals surface area contributed by atoms with Gasteiger partial charge in [0.05, 0.1) is 11.7 Å². The fourth-order valence-electron chi connectivity index (χ4n) is 2.18. The second kappa shape index (κ2) is 6.05. The number of para-hydroxylation sites is 1. The van der Waals surface area contributed by atoms with Crippen molar-refractivity contribution in [1.82, 2.24) is 5.32 Å². The Bertz CT molecular complexity index is 493. The summed E-state index contributed by atoms with van der Waals surface area (Å²) in [7, 11) is 0. The molecule has 0 aliphatic carbocycles. The van der Waals surface area contributed by atoms with Gasteiger partial charge in [-0.3, -0.25) is 4.79 Å². The first kappa shape index (κ1) is 15.2. The lowest BCUT2D eigenvalue weighted by atomic mass is 10.0. The molecule has 1 saturated heterocycles. The molecule has 2 atom stereocenters. The molecule has 2 unspecified atom stereocenters. The molecule has 110 valence electrons. The lowest BCUT2D eigenvalue weighted by Crippen LogP contribution is -2.39. The van der Waals surface area contributed by atoms with Crippen LogP contribution in [0.4, 0.5) is 18.9 Å². The Morgan fingerprint density at radius 1 is 1.40 bits per heavy atom. The first-order valence-corrected chi connectivity index (χ1v) is 7.07. The summed E-state index contributed by atoms with van der Waals surface area (Å²) in [5.41, 5.74) is -4.18. The molecule has 1 aliphatic rings. The SMILES string of the molecule is CC1CCNC1C(=O)Nc1ccccc1SC(F)(F)F. The van der Waals surface area contributed by atoms with Gasteiger partial charge in [0.25, 0.3) is 0 Å². The van der Waals surface area contributed by atoms with Gasteiger partial charge in [-0.15, -0.1) is 0 Å². The third-order valence-corrected chi connectivity index (χ3v) is 3.99. The van der Waals surface area contributed by atoms with Crippen LogP contribution in [0.2, 0.25) is 0 Å². The highest BCUT2D eigenvalue weighted by atomic mass is 32.2. The molecule has 20 heavy (non-hydrogen) atoms. The van der Waals surface area contributed by atoms with Gasteiger partial charge in [0, 0.05) is 4.90 Å². The van der Waals surface area contributed by atoms with E-state index in [0.717, 1.165) is 13.0 Å². The number of thioether (sulfide) groups is 1. The van der Waals surface area contributed by atoms with Crippen molar-refractivity contribution in [3.63, 3.8) is 0 Å². The average Bonchev–Trinajstić information content (AvgIpc) is 2.76. The van der Waals surface area contributed by atoms with Gasteiger partial charge < -0.3 is 10.6 Å². The minimum Gasteiger partial charge on any atom is -0.324 e. The summed E-state index contributed by atoms with van der Waals surface area (Å²) in [5, 5.41) is 5.64. The largest absolute Gasteiger partial charge is 0.446 e. The summed E-state index contributed by atoms with van der Waals surface area (Å²) < 4.78 is 37.4. The zero-order valence-corrected chi connectivity index (χ0v) is 11.6. The van der Waals surface area contributed by atoms with Gasteiger partial charge in [-0.25, -0.2) is 0 Å². The van der Waals surface area contributed by atoms with Crippen molar-refractivity contribution in [2.45, 2.75) is 29.8 Å². The molecule has 0 bridgehead atoms. The van der Waals surface area contributed by atoms with Crippen molar-refractivity contribution in [2.24, 2.45) is 5.92 Å². The van der Waals surface area contributed by atoms with Crippen LogP contribution in [0.5, 0.6) is 0 Å². The number of amides is 1. The van der Waals surface area contributed by atoms with Crippen LogP contribution >= 0.6 is 11.8 Å². The van der Waals surface area contributed by atoms with E-state index in [9.17, 15) is 18.0 Å². The van der Waals surface area contributed by atoms with E-state index in [-0.39, 0.29) is 40.2 Å². The maximum Gasteiger partial charge on any atom is 0.446 e. The van der Waals surface area contributed by atoms with Crippen LogP contribution < -0.4 is 10.6 Å². The van der Waals surface area contributed by atoms with Crippen molar-refractivity contribution in [2.75, 3.05) is 11.9 Å². The number of carbonyl (C=O) groups is 1. The van der Waals surface area contributed by atoms with Crippen molar-refractivity contribution in [1.29, 1.82) is 0 Å². The number of hydrogen-bond donors (Lipinski definition) is 2. The Kier molecular flexibility index (Phi) is 4.59. The molecule has 1 aliphatic heterocycles. The normalized spacial score (nSPS) is 22.8. The number of benzene rings is 1. The minimum atomic E-state index is -4.38. The fourth-order valence-corrected chi connectivity index (χ4v) is 2.80. The summed E-state index contributed by atoms with van der Waals surface area (Å²) >= 11 is -0.222. The second-order valence-corrected chi connectivity index (χ2v) is 5.84. The molecule has 1 aromatic carbocycles. The molecule has 0 spiro atoms. The lowest BCUT2D eigenvalue weighted by Gasteiger charge is -2.17. The van der Waals surface area contributed by atoms with E-state index >= 15 is 0 Å². The topological polar surface area (TPSA) is 41.1 Å². The molecule has 1 aromatic rings. The van der Waals surface area contributed by atoms with E-state index in [1.807, 2.05) is 6.92 Å². The summed E-state index contributed by atoms with van der Waals surface area (Å²) in [6, 6.07) is 5.59. The van der Waals surface area contributed by atoms with Crippen LogP contribution in [0, 0.1) is 5.92 Å². The highest BCUT2D eigenvalue weighted by Gasteiger charge is 2.32. The predicted octanol–water partition coefficient (Wildman–Crippen LogP) is 3.24. The minimum absolute atomic E-state index is 0.000926.